The number of nitrogens with one attached hydrogen (secondary N) is 1. The molecule has 0 spiro atoms. The Hall–Kier alpha value is -1.00. The predicted molar refractivity (Wildman–Crippen MR) is 92.7 cm³/mol. The van der Waals surface area contributed by atoms with Crippen LogP contribution in [0.25, 0.3) is 0 Å². The van der Waals surface area contributed by atoms with E-state index in [1.54, 1.807) is 11.8 Å². The lowest BCUT2D eigenvalue weighted by Crippen LogP contribution is -2.35. The first kappa shape index (κ1) is 17.4. The Balaban J connectivity index is 1.68. The molecule has 0 bridgehead atoms. The second kappa shape index (κ2) is 9.21. The van der Waals surface area contributed by atoms with Crippen LogP contribution in [0.1, 0.15) is 50.2 Å². The minimum Gasteiger partial charge on any atom is -0.392 e. The van der Waals surface area contributed by atoms with E-state index in [1.165, 1.54) is 37.7 Å². The lowest BCUT2D eigenvalue weighted by molar-refractivity contribution is -0.120. The molecule has 1 unspecified atom stereocenters. The number of hydrogen-bond acceptors (Lipinski definition) is 3. The Morgan fingerprint density at radius 1 is 1.23 bits per heavy atom. The van der Waals surface area contributed by atoms with Crippen LogP contribution in [0.15, 0.2) is 24.3 Å². The molecule has 1 amide bonds. The number of thioether (sulfide) groups is 1. The quantitative estimate of drug-likeness (QED) is 0.808. The van der Waals surface area contributed by atoms with Crippen LogP contribution in [0.5, 0.6) is 0 Å². The summed E-state index contributed by atoms with van der Waals surface area (Å²) in [7, 11) is 0. The van der Waals surface area contributed by atoms with Gasteiger partial charge in [-0.2, -0.15) is 0 Å². The highest BCUT2D eigenvalue weighted by Gasteiger charge is 2.17. The Morgan fingerprint density at radius 2 is 1.86 bits per heavy atom. The van der Waals surface area contributed by atoms with Crippen LogP contribution < -0.4 is 5.32 Å². The van der Waals surface area contributed by atoms with Crippen molar-refractivity contribution < 1.29 is 9.90 Å². The Bertz CT molecular complexity index is 455. The van der Waals surface area contributed by atoms with Crippen molar-refractivity contribution in [2.45, 2.75) is 56.6 Å². The molecule has 1 aliphatic carbocycles. The van der Waals surface area contributed by atoms with Crippen molar-refractivity contribution in [3.63, 3.8) is 0 Å². The van der Waals surface area contributed by atoms with Crippen molar-refractivity contribution in [1.82, 2.24) is 5.32 Å². The molecule has 0 aromatic heterocycles. The number of carbonyl (C=O) groups is 1. The summed E-state index contributed by atoms with van der Waals surface area (Å²) in [6, 6.07) is 7.91. The molecule has 0 aliphatic heterocycles. The summed E-state index contributed by atoms with van der Waals surface area (Å²) < 4.78 is 0. The number of aliphatic hydroxyl groups is 1. The van der Waals surface area contributed by atoms with E-state index in [2.05, 4.69) is 5.32 Å². The normalized spacial score (nSPS) is 17.2. The third-order valence-electron chi connectivity index (χ3n) is 4.36. The van der Waals surface area contributed by atoms with Crippen molar-refractivity contribution in [1.29, 1.82) is 0 Å². The summed E-state index contributed by atoms with van der Waals surface area (Å²) in [6.07, 6.45) is 6.51. The topological polar surface area (TPSA) is 49.3 Å². The van der Waals surface area contributed by atoms with Gasteiger partial charge in [0.1, 0.15) is 0 Å². The van der Waals surface area contributed by atoms with E-state index in [1.807, 2.05) is 31.2 Å². The van der Waals surface area contributed by atoms with E-state index in [4.69, 9.17) is 5.11 Å². The first-order chi connectivity index (χ1) is 10.7. The summed E-state index contributed by atoms with van der Waals surface area (Å²) in [5.41, 5.74) is 2.11. The van der Waals surface area contributed by atoms with E-state index in [-0.39, 0.29) is 17.8 Å². The SMILES string of the molecule is CC(SCc1ccc(CO)cc1)C(=O)NCC1CCCCC1. The van der Waals surface area contributed by atoms with Crippen LogP contribution in [0.3, 0.4) is 0 Å². The third-order valence-corrected chi connectivity index (χ3v) is 5.58. The van der Waals surface area contributed by atoms with Crippen molar-refractivity contribution in [3.05, 3.63) is 35.4 Å². The Kier molecular flexibility index (Phi) is 7.26. The molecule has 122 valence electrons. The fraction of sp³-hybridized carbons (Fsp3) is 0.611. The fourth-order valence-corrected chi connectivity index (χ4v) is 3.69. The number of carbonyl (C=O) groups excluding carboxylic acids is 1. The molecule has 2 N–H and O–H groups in total. The monoisotopic (exact) mass is 321 g/mol. The minimum absolute atomic E-state index is 0.0268. The number of hydrogen-bond donors (Lipinski definition) is 2. The molecule has 3 nitrogen and oxygen atoms in total. The predicted octanol–water partition coefficient (Wildman–Crippen LogP) is 3.50. The second-order valence-corrected chi connectivity index (χ2v) is 7.51. The minimum atomic E-state index is -0.0268. The maximum absolute atomic E-state index is 12.1. The van der Waals surface area contributed by atoms with Crippen LogP contribution >= 0.6 is 11.8 Å². The number of benzene rings is 1. The summed E-state index contributed by atoms with van der Waals surface area (Å²) in [5.74, 6) is 1.66. The Labute approximate surface area is 137 Å². The van der Waals surface area contributed by atoms with Gasteiger partial charge in [0, 0.05) is 12.3 Å². The van der Waals surface area contributed by atoms with E-state index in [0.717, 1.165) is 17.9 Å². The molecule has 1 fully saturated rings. The lowest BCUT2D eigenvalue weighted by atomic mass is 9.89. The van der Waals surface area contributed by atoms with Crippen LogP contribution in [0, 0.1) is 5.92 Å². The highest BCUT2D eigenvalue weighted by molar-refractivity contribution is 7.99. The van der Waals surface area contributed by atoms with Gasteiger partial charge < -0.3 is 10.4 Å². The first-order valence-corrected chi connectivity index (χ1v) is 9.32. The Morgan fingerprint density at radius 3 is 2.50 bits per heavy atom. The van der Waals surface area contributed by atoms with E-state index < -0.39 is 0 Å². The molecule has 22 heavy (non-hydrogen) atoms. The molecule has 1 aliphatic rings. The first-order valence-electron chi connectivity index (χ1n) is 8.27. The molecule has 0 radical (unpaired) electrons. The molecule has 1 aromatic rings. The highest BCUT2D eigenvalue weighted by atomic mass is 32.2. The lowest BCUT2D eigenvalue weighted by Gasteiger charge is -2.22. The summed E-state index contributed by atoms with van der Waals surface area (Å²) in [5, 5.41) is 12.1. The molecular weight excluding hydrogens is 294 g/mol. The standard InChI is InChI=1S/C18H27NO2S/c1-14(18(21)19-11-15-5-3-2-4-6-15)22-13-17-9-7-16(12-20)8-10-17/h7-10,14-15,20H,2-6,11-13H2,1H3,(H,19,21). The van der Waals surface area contributed by atoms with Crippen LogP contribution in [-0.4, -0.2) is 22.8 Å². The van der Waals surface area contributed by atoms with Gasteiger partial charge in [0.2, 0.25) is 5.91 Å². The number of aliphatic hydroxyl groups excluding tert-OH is 1. The zero-order valence-electron chi connectivity index (χ0n) is 13.4. The van der Waals surface area contributed by atoms with Gasteiger partial charge in [-0.05, 0) is 36.8 Å². The zero-order valence-corrected chi connectivity index (χ0v) is 14.2. The smallest absolute Gasteiger partial charge is 0.232 e. The van der Waals surface area contributed by atoms with Crippen LogP contribution in [-0.2, 0) is 17.2 Å². The molecular formula is C18H27NO2S. The van der Waals surface area contributed by atoms with Gasteiger partial charge in [0.15, 0.2) is 0 Å². The number of rotatable bonds is 7. The fourth-order valence-electron chi connectivity index (χ4n) is 2.82. The van der Waals surface area contributed by atoms with Gasteiger partial charge in [-0.15, -0.1) is 11.8 Å². The van der Waals surface area contributed by atoms with Crippen molar-refractivity contribution >= 4 is 17.7 Å². The summed E-state index contributed by atoms with van der Waals surface area (Å²) in [4.78, 5) is 12.1. The highest BCUT2D eigenvalue weighted by Crippen LogP contribution is 2.23. The van der Waals surface area contributed by atoms with Crippen molar-refractivity contribution in [2.75, 3.05) is 6.54 Å². The maximum atomic E-state index is 12.1. The number of amides is 1. The van der Waals surface area contributed by atoms with Crippen molar-refractivity contribution in [3.8, 4) is 0 Å². The second-order valence-electron chi connectivity index (χ2n) is 6.18. The van der Waals surface area contributed by atoms with E-state index >= 15 is 0 Å². The van der Waals surface area contributed by atoms with Gasteiger partial charge in [0.25, 0.3) is 0 Å². The van der Waals surface area contributed by atoms with Gasteiger partial charge in [-0.3, -0.25) is 4.79 Å². The average Bonchev–Trinajstić information content (AvgIpc) is 2.58. The van der Waals surface area contributed by atoms with Gasteiger partial charge in [-0.1, -0.05) is 43.5 Å². The van der Waals surface area contributed by atoms with Crippen LogP contribution in [0.4, 0.5) is 0 Å². The molecule has 1 atom stereocenters. The van der Waals surface area contributed by atoms with E-state index in [0.29, 0.717) is 5.92 Å². The maximum Gasteiger partial charge on any atom is 0.232 e. The zero-order chi connectivity index (χ0) is 15.8. The van der Waals surface area contributed by atoms with Gasteiger partial charge in [0.05, 0.1) is 11.9 Å². The molecule has 1 aromatic carbocycles. The molecule has 4 heteroatoms. The molecule has 0 saturated heterocycles. The average molecular weight is 321 g/mol. The van der Waals surface area contributed by atoms with Gasteiger partial charge >= 0.3 is 0 Å². The van der Waals surface area contributed by atoms with Crippen molar-refractivity contribution in [2.24, 2.45) is 5.92 Å². The van der Waals surface area contributed by atoms with Crippen LogP contribution in [0.2, 0.25) is 0 Å². The summed E-state index contributed by atoms with van der Waals surface area (Å²) >= 11 is 1.66. The summed E-state index contributed by atoms with van der Waals surface area (Å²) in [6.45, 7) is 2.89. The molecule has 0 heterocycles. The largest absolute Gasteiger partial charge is 0.392 e. The molecule has 1 saturated carbocycles. The molecule has 2 rings (SSSR count). The third kappa shape index (κ3) is 5.65. The van der Waals surface area contributed by atoms with E-state index in [9.17, 15) is 4.79 Å². The van der Waals surface area contributed by atoms with Gasteiger partial charge in [-0.25, -0.2) is 0 Å².